The molecule has 15 heavy (non-hydrogen) atoms. The number of nitrogens with two attached hydrogens (primary N) is 1. The quantitative estimate of drug-likeness (QED) is 0.821. The van der Waals surface area contributed by atoms with Gasteiger partial charge in [-0.05, 0) is 17.7 Å². The first kappa shape index (κ1) is 12.1. The summed E-state index contributed by atoms with van der Waals surface area (Å²) in [6, 6.07) is 2.89. The van der Waals surface area contributed by atoms with E-state index >= 15 is 0 Å². The Bertz CT molecular complexity index is 344. The van der Waals surface area contributed by atoms with Crippen molar-refractivity contribution in [1.29, 1.82) is 0 Å². The summed E-state index contributed by atoms with van der Waals surface area (Å²) in [6.45, 7) is -0.147. The van der Waals surface area contributed by atoms with Crippen LogP contribution in [-0.4, -0.2) is 25.9 Å². The fourth-order valence-electron chi connectivity index (χ4n) is 1.26. The van der Waals surface area contributed by atoms with Crippen molar-refractivity contribution in [3.63, 3.8) is 0 Å². The molecule has 0 aromatic heterocycles. The van der Waals surface area contributed by atoms with E-state index in [2.05, 4.69) is 0 Å². The fourth-order valence-corrected chi connectivity index (χ4v) is 1.55. The van der Waals surface area contributed by atoms with E-state index in [0.29, 0.717) is 22.1 Å². The molecular formula is C10H14ClNO3. The number of hydrogen-bond donors (Lipinski definition) is 2. The minimum atomic E-state index is -0.470. The molecule has 0 radical (unpaired) electrons. The Morgan fingerprint density at radius 1 is 1.40 bits per heavy atom. The monoisotopic (exact) mass is 231 g/mol. The van der Waals surface area contributed by atoms with Gasteiger partial charge < -0.3 is 20.3 Å². The van der Waals surface area contributed by atoms with Gasteiger partial charge in [0.15, 0.2) is 11.5 Å². The van der Waals surface area contributed by atoms with Crippen molar-refractivity contribution in [2.75, 3.05) is 20.8 Å². The fraction of sp³-hybridized carbons (Fsp3) is 0.400. The lowest BCUT2D eigenvalue weighted by Gasteiger charge is -2.14. The maximum atomic E-state index is 8.93. The van der Waals surface area contributed by atoms with Gasteiger partial charge in [0.05, 0.1) is 31.9 Å². The van der Waals surface area contributed by atoms with Crippen molar-refractivity contribution in [1.82, 2.24) is 0 Å². The molecule has 1 aromatic carbocycles. The van der Waals surface area contributed by atoms with Crippen LogP contribution in [-0.2, 0) is 0 Å². The Morgan fingerprint density at radius 3 is 2.53 bits per heavy atom. The van der Waals surface area contributed by atoms with Gasteiger partial charge in [-0.15, -0.1) is 0 Å². The van der Waals surface area contributed by atoms with Crippen molar-refractivity contribution < 1.29 is 14.6 Å². The van der Waals surface area contributed by atoms with Crippen LogP contribution in [0.4, 0.5) is 0 Å². The molecule has 0 bridgehead atoms. The van der Waals surface area contributed by atoms with E-state index in [1.807, 2.05) is 0 Å². The van der Waals surface area contributed by atoms with Gasteiger partial charge in [0, 0.05) is 0 Å². The van der Waals surface area contributed by atoms with Gasteiger partial charge in [-0.1, -0.05) is 11.6 Å². The molecule has 4 nitrogen and oxygen atoms in total. The van der Waals surface area contributed by atoms with Crippen molar-refractivity contribution in [2.24, 2.45) is 5.73 Å². The molecule has 1 atom stereocenters. The summed E-state index contributed by atoms with van der Waals surface area (Å²) in [5.41, 5.74) is 6.38. The second-order valence-electron chi connectivity index (χ2n) is 3.03. The van der Waals surface area contributed by atoms with Crippen LogP contribution in [0.2, 0.25) is 5.02 Å². The number of halogens is 1. The highest BCUT2D eigenvalue weighted by Crippen LogP contribution is 2.37. The first-order valence-electron chi connectivity index (χ1n) is 4.41. The summed E-state index contributed by atoms with van der Waals surface area (Å²) >= 11 is 5.97. The van der Waals surface area contributed by atoms with Crippen molar-refractivity contribution in [3.8, 4) is 11.5 Å². The van der Waals surface area contributed by atoms with Crippen LogP contribution < -0.4 is 15.2 Å². The van der Waals surface area contributed by atoms with Crippen molar-refractivity contribution in [2.45, 2.75) is 6.04 Å². The average Bonchev–Trinajstić information content (AvgIpc) is 2.26. The predicted molar refractivity (Wildman–Crippen MR) is 58.6 cm³/mol. The van der Waals surface area contributed by atoms with Crippen LogP contribution in [0.25, 0.3) is 0 Å². The molecule has 0 aliphatic carbocycles. The Morgan fingerprint density at radius 2 is 2.07 bits per heavy atom. The highest BCUT2D eigenvalue weighted by atomic mass is 35.5. The average molecular weight is 232 g/mol. The maximum Gasteiger partial charge on any atom is 0.179 e. The molecule has 1 aromatic rings. The van der Waals surface area contributed by atoms with E-state index in [1.54, 1.807) is 12.1 Å². The van der Waals surface area contributed by atoms with Gasteiger partial charge in [0.2, 0.25) is 0 Å². The summed E-state index contributed by atoms with van der Waals surface area (Å²) < 4.78 is 10.2. The number of methoxy groups -OCH3 is 2. The predicted octanol–water partition coefficient (Wildman–Crippen LogP) is 1.35. The molecule has 0 unspecified atom stereocenters. The molecule has 0 aliphatic heterocycles. The van der Waals surface area contributed by atoms with E-state index in [-0.39, 0.29) is 6.61 Å². The molecule has 0 saturated carbocycles. The third-order valence-corrected chi connectivity index (χ3v) is 2.36. The normalized spacial score (nSPS) is 12.3. The molecule has 5 heteroatoms. The second kappa shape index (κ2) is 5.21. The minimum absolute atomic E-state index is 0.147. The Kier molecular flexibility index (Phi) is 4.20. The maximum absolute atomic E-state index is 8.93. The largest absolute Gasteiger partial charge is 0.493 e. The van der Waals surface area contributed by atoms with Gasteiger partial charge in [0.25, 0.3) is 0 Å². The first-order chi connectivity index (χ1) is 7.13. The zero-order valence-electron chi connectivity index (χ0n) is 8.66. The van der Waals surface area contributed by atoms with Gasteiger partial charge in [-0.2, -0.15) is 0 Å². The third kappa shape index (κ3) is 2.53. The van der Waals surface area contributed by atoms with Crippen molar-refractivity contribution >= 4 is 11.6 Å². The second-order valence-corrected chi connectivity index (χ2v) is 3.43. The Hall–Kier alpha value is -0.970. The standard InChI is InChI=1S/C10H14ClNO3/c1-14-9-4-6(8(12)5-13)3-7(11)10(9)15-2/h3-4,8,13H,5,12H2,1-2H3/t8-/m0/s1. The molecule has 1 rings (SSSR count). The number of ether oxygens (including phenoxy) is 2. The van der Waals surface area contributed by atoms with Crippen LogP contribution >= 0.6 is 11.6 Å². The molecule has 0 amide bonds. The zero-order chi connectivity index (χ0) is 11.4. The number of aliphatic hydroxyl groups is 1. The van der Waals surface area contributed by atoms with Gasteiger partial charge in [-0.25, -0.2) is 0 Å². The molecule has 0 heterocycles. The molecule has 0 fully saturated rings. The summed E-state index contributed by atoms with van der Waals surface area (Å²) in [7, 11) is 3.03. The van der Waals surface area contributed by atoms with Gasteiger partial charge in [-0.3, -0.25) is 0 Å². The van der Waals surface area contributed by atoms with E-state index in [0.717, 1.165) is 0 Å². The number of rotatable bonds is 4. The van der Waals surface area contributed by atoms with Crippen LogP contribution in [0, 0.1) is 0 Å². The molecule has 0 saturated heterocycles. The molecule has 0 aliphatic rings. The minimum Gasteiger partial charge on any atom is -0.493 e. The SMILES string of the molecule is COc1cc([C@@H](N)CO)cc(Cl)c1OC. The highest BCUT2D eigenvalue weighted by Gasteiger charge is 2.14. The molecule has 3 N–H and O–H groups in total. The first-order valence-corrected chi connectivity index (χ1v) is 4.79. The lowest BCUT2D eigenvalue weighted by molar-refractivity contribution is 0.267. The molecule has 0 spiro atoms. The van der Waals surface area contributed by atoms with Crippen molar-refractivity contribution in [3.05, 3.63) is 22.7 Å². The van der Waals surface area contributed by atoms with Crippen LogP contribution in [0.1, 0.15) is 11.6 Å². The number of aliphatic hydroxyl groups excluding tert-OH is 1. The van der Waals surface area contributed by atoms with E-state index in [1.165, 1.54) is 14.2 Å². The lowest BCUT2D eigenvalue weighted by atomic mass is 10.1. The van der Waals surface area contributed by atoms with E-state index in [9.17, 15) is 0 Å². The van der Waals surface area contributed by atoms with Crippen LogP contribution in [0.5, 0.6) is 11.5 Å². The third-order valence-electron chi connectivity index (χ3n) is 2.08. The summed E-state index contributed by atoms with van der Waals surface area (Å²) in [5.74, 6) is 0.969. The summed E-state index contributed by atoms with van der Waals surface area (Å²) in [6.07, 6.45) is 0. The smallest absolute Gasteiger partial charge is 0.179 e. The Balaban J connectivity index is 3.19. The van der Waals surface area contributed by atoms with Crippen LogP contribution in [0.15, 0.2) is 12.1 Å². The van der Waals surface area contributed by atoms with Gasteiger partial charge >= 0.3 is 0 Å². The van der Waals surface area contributed by atoms with Crippen LogP contribution in [0.3, 0.4) is 0 Å². The highest BCUT2D eigenvalue weighted by molar-refractivity contribution is 6.32. The summed E-state index contributed by atoms with van der Waals surface area (Å²) in [5, 5.41) is 9.34. The zero-order valence-corrected chi connectivity index (χ0v) is 9.41. The summed E-state index contributed by atoms with van der Waals surface area (Å²) in [4.78, 5) is 0. The van der Waals surface area contributed by atoms with E-state index in [4.69, 9.17) is 31.9 Å². The van der Waals surface area contributed by atoms with E-state index < -0.39 is 6.04 Å². The molecular weight excluding hydrogens is 218 g/mol. The number of hydrogen-bond acceptors (Lipinski definition) is 4. The topological polar surface area (TPSA) is 64.7 Å². The molecule has 84 valence electrons. The Labute approximate surface area is 93.6 Å². The number of benzene rings is 1. The van der Waals surface area contributed by atoms with Gasteiger partial charge in [0.1, 0.15) is 0 Å². The lowest BCUT2D eigenvalue weighted by Crippen LogP contribution is -2.14.